The van der Waals surface area contributed by atoms with Crippen molar-refractivity contribution in [2.45, 2.75) is 45.6 Å². The van der Waals surface area contributed by atoms with Crippen molar-refractivity contribution in [3.63, 3.8) is 0 Å². The van der Waals surface area contributed by atoms with Crippen LogP contribution in [0.2, 0.25) is 0 Å². The van der Waals surface area contributed by atoms with Gasteiger partial charge >= 0.3 is 0 Å². The molecule has 18 heavy (non-hydrogen) atoms. The monoisotopic (exact) mass is 248 g/mol. The minimum Gasteiger partial charge on any atom is -0.390 e. The lowest BCUT2D eigenvalue weighted by atomic mass is 9.59. The number of carbonyl (C=O) groups is 1. The Balaban J connectivity index is 1.91. The van der Waals surface area contributed by atoms with Gasteiger partial charge in [0, 0.05) is 12.3 Å². The van der Waals surface area contributed by atoms with Crippen molar-refractivity contribution in [3.05, 3.63) is 12.2 Å². The molecule has 3 aliphatic rings. The maximum absolute atomic E-state index is 12.4. The van der Waals surface area contributed by atoms with Gasteiger partial charge in [0.25, 0.3) is 0 Å². The first-order valence-electron chi connectivity index (χ1n) is 7.39. The smallest absolute Gasteiger partial charge is 0.137 e. The van der Waals surface area contributed by atoms with Crippen molar-refractivity contribution < 1.29 is 9.90 Å². The van der Waals surface area contributed by atoms with E-state index < -0.39 is 5.60 Å². The van der Waals surface area contributed by atoms with E-state index in [1.54, 1.807) is 0 Å². The molecule has 2 nitrogen and oxygen atoms in total. The molecule has 3 rings (SSSR count). The summed E-state index contributed by atoms with van der Waals surface area (Å²) in [5, 5.41) is 10.6. The number of fused-ring (bicyclic) bond motifs is 5. The Bertz CT molecular complexity index is 396. The van der Waals surface area contributed by atoms with Gasteiger partial charge in [0.15, 0.2) is 0 Å². The molecule has 2 bridgehead atoms. The van der Waals surface area contributed by atoms with Crippen molar-refractivity contribution >= 4 is 5.78 Å². The Labute approximate surface area is 109 Å². The highest BCUT2D eigenvalue weighted by atomic mass is 16.3. The van der Waals surface area contributed by atoms with Crippen LogP contribution < -0.4 is 0 Å². The van der Waals surface area contributed by atoms with Crippen LogP contribution in [0.1, 0.15) is 40.0 Å². The molecule has 3 aliphatic carbocycles. The first kappa shape index (κ1) is 12.4. The average Bonchev–Trinajstić information content (AvgIpc) is 2.94. The molecule has 2 fully saturated rings. The zero-order valence-corrected chi connectivity index (χ0v) is 11.6. The van der Waals surface area contributed by atoms with Crippen molar-refractivity contribution in [1.82, 2.24) is 0 Å². The lowest BCUT2D eigenvalue weighted by molar-refractivity contribution is -0.140. The summed E-state index contributed by atoms with van der Waals surface area (Å²) < 4.78 is 0. The van der Waals surface area contributed by atoms with Crippen molar-refractivity contribution in [1.29, 1.82) is 0 Å². The maximum atomic E-state index is 12.4. The minimum absolute atomic E-state index is 0.143. The van der Waals surface area contributed by atoms with Crippen LogP contribution in [0.15, 0.2) is 12.2 Å². The van der Waals surface area contributed by atoms with E-state index in [0.717, 1.165) is 6.42 Å². The normalized spacial score (nSPS) is 49.2. The third-order valence-corrected chi connectivity index (χ3v) is 6.07. The molecule has 0 aromatic heterocycles. The van der Waals surface area contributed by atoms with Crippen molar-refractivity contribution in [2.24, 2.45) is 35.5 Å². The van der Waals surface area contributed by atoms with E-state index in [2.05, 4.69) is 19.1 Å². The molecular formula is C16H24O2. The van der Waals surface area contributed by atoms with Gasteiger partial charge in [-0.25, -0.2) is 0 Å². The summed E-state index contributed by atoms with van der Waals surface area (Å²) in [5.74, 6) is 2.86. The Morgan fingerprint density at radius 1 is 1.39 bits per heavy atom. The van der Waals surface area contributed by atoms with Gasteiger partial charge in [-0.3, -0.25) is 4.79 Å². The quantitative estimate of drug-likeness (QED) is 0.763. The fourth-order valence-corrected chi connectivity index (χ4v) is 4.89. The Hall–Kier alpha value is -0.630. The number of ketones is 1. The van der Waals surface area contributed by atoms with Crippen LogP contribution in [-0.4, -0.2) is 16.5 Å². The van der Waals surface area contributed by atoms with Crippen LogP contribution in [0.25, 0.3) is 0 Å². The van der Waals surface area contributed by atoms with E-state index in [1.165, 1.54) is 6.42 Å². The molecule has 0 spiro atoms. The van der Waals surface area contributed by atoms with Crippen LogP contribution in [0.5, 0.6) is 0 Å². The summed E-state index contributed by atoms with van der Waals surface area (Å²) >= 11 is 0. The van der Waals surface area contributed by atoms with Gasteiger partial charge in [0.2, 0.25) is 0 Å². The Morgan fingerprint density at radius 3 is 2.72 bits per heavy atom. The zero-order chi connectivity index (χ0) is 13.1. The van der Waals surface area contributed by atoms with Crippen molar-refractivity contribution in [3.8, 4) is 0 Å². The number of carbonyl (C=O) groups excluding carboxylic acids is 1. The van der Waals surface area contributed by atoms with Gasteiger partial charge in [-0.15, -0.1) is 0 Å². The minimum atomic E-state index is -0.689. The van der Waals surface area contributed by atoms with Crippen LogP contribution in [0.3, 0.4) is 0 Å². The third-order valence-electron chi connectivity index (χ3n) is 6.07. The van der Waals surface area contributed by atoms with E-state index in [4.69, 9.17) is 0 Å². The van der Waals surface area contributed by atoms with Gasteiger partial charge in [-0.1, -0.05) is 26.0 Å². The highest BCUT2D eigenvalue weighted by Gasteiger charge is 2.56. The number of aliphatic hydroxyl groups is 1. The highest BCUT2D eigenvalue weighted by Crippen LogP contribution is 2.57. The van der Waals surface area contributed by atoms with Gasteiger partial charge in [-0.2, -0.15) is 0 Å². The van der Waals surface area contributed by atoms with Crippen LogP contribution in [0, 0.1) is 35.5 Å². The number of hydrogen-bond acceptors (Lipinski definition) is 2. The van der Waals surface area contributed by atoms with E-state index in [9.17, 15) is 9.90 Å². The second-order valence-electron chi connectivity index (χ2n) is 6.90. The average molecular weight is 248 g/mol. The van der Waals surface area contributed by atoms with Crippen molar-refractivity contribution in [2.75, 3.05) is 0 Å². The fourth-order valence-electron chi connectivity index (χ4n) is 4.89. The summed E-state index contributed by atoms with van der Waals surface area (Å²) in [6, 6.07) is 0. The summed E-state index contributed by atoms with van der Waals surface area (Å²) in [4.78, 5) is 12.4. The molecule has 2 heteroatoms. The lowest BCUT2D eigenvalue weighted by Crippen LogP contribution is -2.49. The van der Waals surface area contributed by atoms with Crippen LogP contribution in [0.4, 0.5) is 0 Å². The molecule has 2 saturated carbocycles. The molecule has 7 atom stereocenters. The maximum Gasteiger partial charge on any atom is 0.137 e. The van der Waals surface area contributed by atoms with E-state index >= 15 is 0 Å². The fraction of sp³-hybridized carbons (Fsp3) is 0.812. The highest BCUT2D eigenvalue weighted by molar-refractivity contribution is 5.84. The van der Waals surface area contributed by atoms with E-state index in [0.29, 0.717) is 35.9 Å². The summed E-state index contributed by atoms with van der Waals surface area (Å²) in [7, 11) is 0. The number of Topliss-reactive ketones (excluding diaryl/α,β-unsaturated/α-hetero) is 1. The topological polar surface area (TPSA) is 37.3 Å². The van der Waals surface area contributed by atoms with Gasteiger partial charge in [-0.05, 0) is 49.4 Å². The molecule has 0 aromatic rings. The predicted octanol–water partition coefficient (Wildman–Crippen LogP) is 2.81. The summed E-state index contributed by atoms with van der Waals surface area (Å²) in [5.41, 5.74) is -0.689. The largest absolute Gasteiger partial charge is 0.390 e. The second kappa shape index (κ2) is 3.93. The van der Waals surface area contributed by atoms with Gasteiger partial charge in [0.1, 0.15) is 5.78 Å². The molecule has 0 aromatic carbocycles. The predicted molar refractivity (Wildman–Crippen MR) is 70.9 cm³/mol. The molecule has 0 amide bonds. The summed E-state index contributed by atoms with van der Waals surface area (Å²) in [6.07, 6.45) is 7.07. The molecule has 0 heterocycles. The van der Waals surface area contributed by atoms with Crippen LogP contribution >= 0.6 is 0 Å². The standard InChI is InChI=1S/C16H24O2/c1-4-16(3,18)12-8-13(17)15-11-6-5-10(7-11)14(15)9(12)2/h5-6,9-12,14-15,18H,4,7-8H2,1-3H3. The number of hydrogen-bond donors (Lipinski definition) is 1. The third kappa shape index (κ3) is 1.54. The summed E-state index contributed by atoms with van der Waals surface area (Å²) in [6.45, 7) is 6.18. The van der Waals surface area contributed by atoms with Crippen LogP contribution in [-0.2, 0) is 4.79 Å². The molecule has 7 unspecified atom stereocenters. The Kier molecular flexibility index (Phi) is 2.71. The zero-order valence-electron chi connectivity index (χ0n) is 11.6. The van der Waals surface area contributed by atoms with Gasteiger partial charge in [0.05, 0.1) is 5.60 Å². The molecule has 0 aliphatic heterocycles. The number of rotatable bonds is 2. The molecule has 0 radical (unpaired) electrons. The first-order valence-corrected chi connectivity index (χ1v) is 7.39. The second-order valence-corrected chi connectivity index (χ2v) is 6.90. The van der Waals surface area contributed by atoms with Gasteiger partial charge < -0.3 is 5.11 Å². The molecule has 0 saturated heterocycles. The molecule has 1 N–H and O–H groups in total. The number of allylic oxidation sites excluding steroid dienone is 2. The first-order chi connectivity index (χ1) is 8.45. The SMILES string of the molecule is CCC(C)(O)C1CC(=O)C2C3C=CC(C3)C2C1C. The molecular weight excluding hydrogens is 224 g/mol. The Morgan fingerprint density at radius 2 is 2.06 bits per heavy atom. The van der Waals surface area contributed by atoms with E-state index in [-0.39, 0.29) is 11.8 Å². The lowest BCUT2D eigenvalue weighted by Gasteiger charge is -2.46. The van der Waals surface area contributed by atoms with E-state index in [1.807, 2.05) is 13.8 Å². The molecule has 100 valence electrons.